The van der Waals surface area contributed by atoms with Gasteiger partial charge in [-0.1, -0.05) is 41.4 Å². The van der Waals surface area contributed by atoms with E-state index in [-0.39, 0.29) is 23.8 Å². The number of hydrogen-bond acceptors (Lipinski definition) is 7. The predicted octanol–water partition coefficient (Wildman–Crippen LogP) is 5.16. The average molecular weight is 551 g/mol. The lowest BCUT2D eigenvalue weighted by atomic mass is 10.2. The van der Waals surface area contributed by atoms with E-state index < -0.39 is 12.1 Å². The number of fused-ring (bicyclic) bond motifs is 1. The van der Waals surface area contributed by atoms with E-state index in [2.05, 4.69) is 26.0 Å². The zero-order chi connectivity index (χ0) is 25.0. The first-order valence-corrected chi connectivity index (χ1v) is 11.8. The SMILES string of the molecule is CCOC(=O)[C@@H](C)Oc1c(C=Nn2c(C(C)C)nc3ccc(Br)cc3c2=O)cc(Cl)cc1OC. The molecule has 0 saturated heterocycles. The van der Waals surface area contributed by atoms with Crippen LogP contribution in [-0.2, 0) is 9.53 Å². The van der Waals surface area contributed by atoms with Crippen LogP contribution in [0.5, 0.6) is 11.5 Å². The van der Waals surface area contributed by atoms with Gasteiger partial charge in [0.2, 0.25) is 0 Å². The maximum absolute atomic E-state index is 13.3. The van der Waals surface area contributed by atoms with E-state index in [9.17, 15) is 9.59 Å². The molecule has 34 heavy (non-hydrogen) atoms. The fraction of sp³-hybridized carbons (Fsp3) is 0.333. The third-order valence-corrected chi connectivity index (χ3v) is 5.55. The lowest BCUT2D eigenvalue weighted by Crippen LogP contribution is -2.27. The van der Waals surface area contributed by atoms with Gasteiger partial charge in [0.25, 0.3) is 5.56 Å². The second-order valence-electron chi connectivity index (χ2n) is 7.69. The van der Waals surface area contributed by atoms with Gasteiger partial charge in [0.1, 0.15) is 5.82 Å². The lowest BCUT2D eigenvalue weighted by molar-refractivity contribution is -0.150. The number of aromatic nitrogens is 2. The van der Waals surface area contributed by atoms with Crippen molar-refractivity contribution in [2.24, 2.45) is 5.10 Å². The number of carbonyl (C=O) groups is 1. The van der Waals surface area contributed by atoms with Crippen LogP contribution >= 0.6 is 27.5 Å². The van der Waals surface area contributed by atoms with E-state index in [4.69, 9.17) is 25.8 Å². The summed E-state index contributed by atoms with van der Waals surface area (Å²) < 4.78 is 18.3. The Morgan fingerprint density at radius 3 is 2.65 bits per heavy atom. The zero-order valence-electron chi connectivity index (χ0n) is 19.5. The van der Waals surface area contributed by atoms with Crippen molar-refractivity contribution in [3.8, 4) is 11.5 Å². The summed E-state index contributed by atoms with van der Waals surface area (Å²) in [7, 11) is 1.46. The molecule has 1 aromatic heterocycles. The van der Waals surface area contributed by atoms with Crippen LogP contribution in [0.3, 0.4) is 0 Å². The zero-order valence-corrected chi connectivity index (χ0v) is 21.8. The van der Waals surface area contributed by atoms with Gasteiger partial charge in [-0.2, -0.15) is 9.78 Å². The Hall–Kier alpha value is -2.91. The van der Waals surface area contributed by atoms with Crippen molar-refractivity contribution < 1.29 is 19.0 Å². The normalized spacial score (nSPS) is 12.4. The molecule has 0 unspecified atom stereocenters. The Kier molecular flexibility index (Phi) is 8.33. The summed E-state index contributed by atoms with van der Waals surface area (Å²) in [4.78, 5) is 30.0. The molecular formula is C24H25BrClN3O5. The minimum Gasteiger partial charge on any atom is -0.493 e. The minimum atomic E-state index is -0.907. The topological polar surface area (TPSA) is 92.0 Å². The van der Waals surface area contributed by atoms with Crippen molar-refractivity contribution in [2.75, 3.05) is 13.7 Å². The predicted molar refractivity (Wildman–Crippen MR) is 136 cm³/mol. The third-order valence-electron chi connectivity index (χ3n) is 4.84. The van der Waals surface area contributed by atoms with Gasteiger partial charge < -0.3 is 14.2 Å². The number of rotatable bonds is 8. The fourth-order valence-electron chi connectivity index (χ4n) is 3.22. The molecule has 3 aromatic rings. The molecule has 3 rings (SSSR count). The molecule has 0 aliphatic rings. The van der Waals surface area contributed by atoms with Crippen molar-refractivity contribution in [3.05, 3.63) is 61.6 Å². The van der Waals surface area contributed by atoms with Gasteiger partial charge in [0.15, 0.2) is 17.6 Å². The molecular weight excluding hydrogens is 526 g/mol. The molecule has 0 aliphatic heterocycles. The van der Waals surface area contributed by atoms with Gasteiger partial charge in [-0.15, -0.1) is 0 Å². The van der Waals surface area contributed by atoms with Crippen LogP contribution in [-0.4, -0.2) is 41.7 Å². The molecule has 10 heteroatoms. The lowest BCUT2D eigenvalue weighted by Gasteiger charge is -2.18. The molecule has 0 N–H and O–H groups in total. The van der Waals surface area contributed by atoms with E-state index in [0.29, 0.717) is 33.1 Å². The molecule has 0 aliphatic carbocycles. The van der Waals surface area contributed by atoms with Crippen LogP contribution in [0.4, 0.5) is 0 Å². The van der Waals surface area contributed by atoms with E-state index in [0.717, 1.165) is 4.47 Å². The highest BCUT2D eigenvalue weighted by Gasteiger charge is 2.21. The van der Waals surface area contributed by atoms with Crippen molar-refractivity contribution >= 4 is 50.6 Å². The largest absolute Gasteiger partial charge is 0.493 e. The number of benzene rings is 2. The monoisotopic (exact) mass is 549 g/mol. The first-order chi connectivity index (χ1) is 16.2. The molecule has 8 nitrogen and oxygen atoms in total. The summed E-state index contributed by atoms with van der Waals surface area (Å²) >= 11 is 9.66. The molecule has 2 aromatic carbocycles. The molecule has 0 spiro atoms. The quantitative estimate of drug-likeness (QED) is 0.284. The Balaban J connectivity index is 2.14. The van der Waals surface area contributed by atoms with Gasteiger partial charge in [0.05, 0.1) is 30.8 Å². The summed E-state index contributed by atoms with van der Waals surface area (Å²) in [5.74, 6) is 0.442. The van der Waals surface area contributed by atoms with E-state index in [1.54, 1.807) is 38.1 Å². The van der Waals surface area contributed by atoms with Gasteiger partial charge in [-0.3, -0.25) is 4.79 Å². The average Bonchev–Trinajstić information content (AvgIpc) is 2.79. The summed E-state index contributed by atoms with van der Waals surface area (Å²) in [6.45, 7) is 7.36. The summed E-state index contributed by atoms with van der Waals surface area (Å²) in [6, 6.07) is 8.49. The molecule has 1 atom stereocenters. The number of halogens is 2. The summed E-state index contributed by atoms with van der Waals surface area (Å²) in [5.41, 5.74) is 0.680. The van der Waals surface area contributed by atoms with Crippen LogP contribution in [0.25, 0.3) is 10.9 Å². The van der Waals surface area contributed by atoms with Gasteiger partial charge in [-0.05, 0) is 38.1 Å². The number of carbonyl (C=O) groups excluding carboxylic acids is 1. The number of nitrogens with zero attached hydrogens (tertiary/aromatic N) is 3. The maximum atomic E-state index is 13.3. The maximum Gasteiger partial charge on any atom is 0.347 e. The number of ether oxygens (including phenoxy) is 3. The Labute approximate surface area is 210 Å². The van der Waals surface area contributed by atoms with Gasteiger partial charge in [-0.25, -0.2) is 9.78 Å². The fourth-order valence-corrected chi connectivity index (χ4v) is 3.80. The van der Waals surface area contributed by atoms with Crippen LogP contribution in [0.2, 0.25) is 5.02 Å². The van der Waals surface area contributed by atoms with Crippen molar-refractivity contribution in [1.29, 1.82) is 0 Å². The van der Waals surface area contributed by atoms with E-state index in [1.165, 1.54) is 18.0 Å². The van der Waals surface area contributed by atoms with E-state index in [1.807, 2.05) is 19.9 Å². The third kappa shape index (κ3) is 5.59. The molecule has 0 bridgehead atoms. The van der Waals surface area contributed by atoms with Crippen LogP contribution in [0.1, 0.15) is 45.0 Å². The van der Waals surface area contributed by atoms with Crippen LogP contribution in [0, 0.1) is 0 Å². The van der Waals surface area contributed by atoms with Crippen LogP contribution < -0.4 is 15.0 Å². The number of methoxy groups -OCH3 is 1. The standard InChI is InChI=1S/C24H25BrClN3O5/c1-6-33-24(31)14(4)34-21-15(9-17(26)11-20(21)32-5)12-27-29-22(13(2)3)28-19-8-7-16(25)10-18(19)23(29)30/h7-14H,6H2,1-5H3/t14-/m1/s1. The molecule has 0 fully saturated rings. The highest BCUT2D eigenvalue weighted by atomic mass is 79.9. The first kappa shape index (κ1) is 25.7. The number of hydrogen-bond donors (Lipinski definition) is 0. The van der Waals surface area contributed by atoms with Gasteiger partial charge >= 0.3 is 5.97 Å². The highest BCUT2D eigenvalue weighted by molar-refractivity contribution is 9.10. The molecule has 0 amide bonds. The van der Waals surface area contributed by atoms with Crippen LogP contribution in [0.15, 0.2) is 44.7 Å². The summed E-state index contributed by atoms with van der Waals surface area (Å²) in [6.07, 6.45) is 0.524. The second-order valence-corrected chi connectivity index (χ2v) is 9.04. The smallest absolute Gasteiger partial charge is 0.347 e. The van der Waals surface area contributed by atoms with Crippen molar-refractivity contribution in [2.45, 2.75) is 39.7 Å². The van der Waals surface area contributed by atoms with Gasteiger partial charge in [0, 0.05) is 27.0 Å². The summed E-state index contributed by atoms with van der Waals surface area (Å²) in [5, 5.41) is 5.22. The Morgan fingerprint density at radius 1 is 1.26 bits per heavy atom. The highest BCUT2D eigenvalue weighted by Crippen LogP contribution is 2.35. The van der Waals surface area contributed by atoms with E-state index >= 15 is 0 Å². The Bertz CT molecular complexity index is 1310. The molecule has 0 radical (unpaired) electrons. The molecule has 1 heterocycles. The first-order valence-electron chi connectivity index (χ1n) is 10.6. The number of esters is 1. The molecule has 180 valence electrons. The second kappa shape index (κ2) is 11.0. The minimum absolute atomic E-state index is 0.0775. The Morgan fingerprint density at radius 2 is 2.00 bits per heavy atom. The van der Waals surface area contributed by atoms with Crippen molar-refractivity contribution in [1.82, 2.24) is 9.66 Å². The molecule has 0 saturated carbocycles. The van der Waals surface area contributed by atoms with Crippen molar-refractivity contribution in [3.63, 3.8) is 0 Å².